The zero-order valence-electron chi connectivity index (χ0n) is 10.0. The molecule has 2 atom stereocenters. The number of pyridine rings is 1. The van der Waals surface area contributed by atoms with Crippen molar-refractivity contribution in [2.75, 3.05) is 0 Å². The second-order valence-corrected chi connectivity index (χ2v) is 7.64. The van der Waals surface area contributed by atoms with E-state index in [0.717, 1.165) is 10.2 Å². The Balaban J connectivity index is 2.21. The number of rotatable bonds is 5. The molecule has 2 unspecified atom stereocenters. The minimum Gasteiger partial charge on any atom is -0.326 e. The highest BCUT2D eigenvalue weighted by Gasteiger charge is 2.21. The Bertz CT molecular complexity index is 487. The molecule has 2 N–H and O–H groups in total. The van der Waals surface area contributed by atoms with Crippen LogP contribution in [0, 0.1) is 0 Å². The number of hydrogen-bond donors (Lipinski definition) is 1. The first-order chi connectivity index (χ1) is 8.70. The van der Waals surface area contributed by atoms with Gasteiger partial charge in [-0.15, -0.1) is 23.1 Å². The molecule has 0 saturated heterocycles. The van der Waals surface area contributed by atoms with Crippen molar-refractivity contribution in [3.63, 3.8) is 0 Å². The molecule has 0 saturated carbocycles. The fourth-order valence-electron chi connectivity index (χ4n) is 1.62. The lowest BCUT2D eigenvalue weighted by Gasteiger charge is -2.21. The molecule has 2 nitrogen and oxygen atoms in total. The van der Waals surface area contributed by atoms with Gasteiger partial charge in [-0.25, -0.2) is 0 Å². The number of hydrogen-bond acceptors (Lipinski definition) is 4. The molecule has 0 fully saturated rings. The topological polar surface area (TPSA) is 38.9 Å². The molecular formula is C13H15BrN2S2. The van der Waals surface area contributed by atoms with E-state index in [4.69, 9.17) is 5.73 Å². The summed E-state index contributed by atoms with van der Waals surface area (Å²) in [6.45, 7) is 2.13. The summed E-state index contributed by atoms with van der Waals surface area (Å²) in [4.78, 5) is 6.57. The summed E-state index contributed by atoms with van der Waals surface area (Å²) in [5, 5.41) is 0.300. The second-order valence-electron chi connectivity index (χ2n) is 3.94. The van der Waals surface area contributed by atoms with Crippen LogP contribution in [0.4, 0.5) is 0 Å². The first-order valence-electron chi connectivity index (χ1n) is 5.78. The van der Waals surface area contributed by atoms with Gasteiger partial charge < -0.3 is 5.73 Å². The standard InChI is InChI=1S/C13H15BrN2S2/c1-2-10(15)13(11-3-4-12(14)18-11)17-9-5-7-16-8-6-9/h3-8,10,13H,2,15H2,1H3. The molecule has 2 aromatic rings. The van der Waals surface area contributed by atoms with Crippen LogP contribution in [0.2, 0.25) is 0 Å². The van der Waals surface area contributed by atoms with E-state index in [2.05, 4.69) is 40.0 Å². The Labute approximate surface area is 124 Å². The molecule has 0 amide bonds. The lowest BCUT2D eigenvalue weighted by molar-refractivity contribution is 0.640. The molecule has 96 valence electrons. The van der Waals surface area contributed by atoms with E-state index in [1.807, 2.05) is 36.3 Å². The molecule has 0 radical (unpaired) electrons. The van der Waals surface area contributed by atoms with Gasteiger partial charge in [0.15, 0.2) is 0 Å². The highest BCUT2D eigenvalue weighted by molar-refractivity contribution is 9.11. The van der Waals surface area contributed by atoms with Crippen molar-refractivity contribution >= 4 is 39.0 Å². The summed E-state index contributed by atoms with van der Waals surface area (Å²) in [5.74, 6) is 0. The maximum absolute atomic E-state index is 6.26. The van der Waals surface area contributed by atoms with Crippen LogP contribution in [0.1, 0.15) is 23.5 Å². The quantitative estimate of drug-likeness (QED) is 0.814. The number of aromatic nitrogens is 1. The van der Waals surface area contributed by atoms with Gasteiger partial charge in [-0.3, -0.25) is 4.98 Å². The average Bonchev–Trinajstić information content (AvgIpc) is 2.83. The number of nitrogens with zero attached hydrogens (tertiary/aromatic N) is 1. The molecule has 0 spiro atoms. The third kappa shape index (κ3) is 3.57. The molecule has 2 rings (SSSR count). The van der Waals surface area contributed by atoms with Gasteiger partial charge in [0.25, 0.3) is 0 Å². The molecule has 0 aliphatic rings. The summed E-state index contributed by atoms with van der Waals surface area (Å²) in [6, 6.07) is 8.46. The number of nitrogens with two attached hydrogens (primary N) is 1. The maximum Gasteiger partial charge on any atom is 0.0701 e. The van der Waals surface area contributed by atoms with E-state index in [1.165, 1.54) is 9.77 Å². The second kappa shape index (κ2) is 6.70. The Morgan fingerprint density at radius 3 is 2.61 bits per heavy atom. The number of thiophene rings is 1. The minimum atomic E-state index is 0.161. The van der Waals surface area contributed by atoms with Crippen LogP contribution in [0.25, 0.3) is 0 Å². The van der Waals surface area contributed by atoms with Crippen LogP contribution in [-0.4, -0.2) is 11.0 Å². The van der Waals surface area contributed by atoms with Crippen molar-refractivity contribution in [2.45, 2.75) is 29.5 Å². The molecule has 5 heteroatoms. The zero-order chi connectivity index (χ0) is 13.0. The third-order valence-corrected chi connectivity index (χ3v) is 5.91. The van der Waals surface area contributed by atoms with Crippen LogP contribution in [0.5, 0.6) is 0 Å². The van der Waals surface area contributed by atoms with Gasteiger partial charge in [0.05, 0.1) is 9.04 Å². The van der Waals surface area contributed by atoms with Crippen LogP contribution in [-0.2, 0) is 0 Å². The summed E-state index contributed by atoms with van der Waals surface area (Å²) in [5.41, 5.74) is 6.26. The summed E-state index contributed by atoms with van der Waals surface area (Å²) in [6.07, 6.45) is 4.61. The summed E-state index contributed by atoms with van der Waals surface area (Å²) in [7, 11) is 0. The van der Waals surface area contributed by atoms with E-state index >= 15 is 0 Å². The average molecular weight is 343 g/mol. The molecule has 18 heavy (non-hydrogen) atoms. The zero-order valence-corrected chi connectivity index (χ0v) is 13.3. The largest absolute Gasteiger partial charge is 0.326 e. The van der Waals surface area contributed by atoms with Crippen LogP contribution < -0.4 is 5.73 Å². The summed E-state index contributed by atoms with van der Waals surface area (Å²) < 4.78 is 1.15. The predicted molar refractivity (Wildman–Crippen MR) is 83.1 cm³/mol. The maximum atomic E-state index is 6.26. The Kier molecular flexibility index (Phi) is 5.24. The minimum absolute atomic E-state index is 0.161. The van der Waals surface area contributed by atoms with E-state index in [-0.39, 0.29) is 6.04 Å². The fraction of sp³-hybridized carbons (Fsp3) is 0.308. The van der Waals surface area contributed by atoms with Crippen molar-refractivity contribution in [2.24, 2.45) is 5.73 Å². The van der Waals surface area contributed by atoms with E-state index < -0.39 is 0 Å². The van der Waals surface area contributed by atoms with Gasteiger partial charge in [-0.1, -0.05) is 6.92 Å². The summed E-state index contributed by atoms with van der Waals surface area (Å²) >= 11 is 7.09. The van der Waals surface area contributed by atoms with Gasteiger partial charge in [0.2, 0.25) is 0 Å². The molecule has 0 aliphatic heterocycles. The number of thioether (sulfide) groups is 1. The van der Waals surface area contributed by atoms with Gasteiger partial charge in [0.1, 0.15) is 0 Å². The third-order valence-electron chi connectivity index (χ3n) is 2.65. The van der Waals surface area contributed by atoms with Gasteiger partial charge in [0, 0.05) is 28.2 Å². The smallest absolute Gasteiger partial charge is 0.0701 e. The molecule has 0 aliphatic carbocycles. The van der Waals surface area contributed by atoms with E-state index in [0.29, 0.717) is 5.25 Å². The van der Waals surface area contributed by atoms with Crippen molar-refractivity contribution < 1.29 is 0 Å². The van der Waals surface area contributed by atoms with Crippen molar-refractivity contribution in [1.82, 2.24) is 4.98 Å². The van der Waals surface area contributed by atoms with Gasteiger partial charge in [-0.05, 0) is 46.6 Å². The molecule has 0 aromatic carbocycles. The van der Waals surface area contributed by atoms with Crippen molar-refractivity contribution in [1.29, 1.82) is 0 Å². The molecule has 2 aromatic heterocycles. The molecule has 0 bridgehead atoms. The highest BCUT2D eigenvalue weighted by Crippen LogP contribution is 2.41. The lowest BCUT2D eigenvalue weighted by atomic mass is 10.1. The van der Waals surface area contributed by atoms with E-state index in [9.17, 15) is 0 Å². The SMILES string of the molecule is CCC(N)C(Sc1ccncc1)c1ccc(Br)s1. The Morgan fingerprint density at radius 2 is 2.06 bits per heavy atom. The normalized spacial score (nSPS) is 14.4. The first kappa shape index (κ1) is 14.1. The Morgan fingerprint density at radius 1 is 1.33 bits per heavy atom. The molecule has 2 heterocycles. The predicted octanol–water partition coefficient (Wildman–Crippen LogP) is 4.48. The van der Waals surface area contributed by atoms with Crippen LogP contribution >= 0.6 is 39.0 Å². The van der Waals surface area contributed by atoms with Crippen molar-refractivity contribution in [3.8, 4) is 0 Å². The van der Waals surface area contributed by atoms with Crippen LogP contribution in [0.15, 0.2) is 45.3 Å². The van der Waals surface area contributed by atoms with Crippen LogP contribution in [0.3, 0.4) is 0 Å². The fourth-order valence-corrected chi connectivity index (χ4v) is 4.52. The monoisotopic (exact) mass is 342 g/mol. The highest BCUT2D eigenvalue weighted by atomic mass is 79.9. The van der Waals surface area contributed by atoms with Crippen molar-refractivity contribution in [3.05, 3.63) is 45.3 Å². The lowest BCUT2D eigenvalue weighted by Crippen LogP contribution is -2.25. The van der Waals surface area contributed by atoms with Gasteiger partial charge >= 0.3 is 0 Å². The van der Waals surface area contributed by atoms with Gasteiger partial charge in [-0.2, -0.15) is 0 Å². The Hall–Kier alpha value is -0.360. The molecular weight excluding hydrogens is 328 g/mol. The number of halogens is 1. The van der Waals surface area contributed by atoms with E-state index in [1.54, 1.807) is 11.3 Å². The first-order valence-corrected chi connectivity index (χ1v) is 8.27.